The topological polar surface area (TPSA) is 80.5 Å². The van der Waals surface area contributed by atoms with Gasteiger partial charge in [-0.15, -0.1) is 0 Å². The van der Waals surface area contributed by atoms with E-state index < -0.39 is 0 Å². The van der Waals surface area contributed by atoms with Crippen LogP contribution in [0.5, 0.6) is 0 Å². The molecule has 1 aliphatic rings. The highest BCUT2D eigenvalue weighted by molar-refractivity contribution is 5.76. The van der Waals surface area contributed by atoms with Crippen molar-refractivity contribution in [3.8, 4) is 0 Å². The zero-order valence-corrected chi connectivity index (χ0v) is 12.5. The van der Waals surface area contributed by atoms with Crippen molar-refractivity contribution in [1.29, 1.82) is 0 Å². The minimum Gasteiger partial charge on any atom is -0.378 e. The molecule has 0 aliphatic carbocycles. The van der Waals surface area contributed by atoms with E-state index in [2.05, 4.69) is 15.2 Å². The zero-order valence-electron chi connectivity index (χ0n) is 12.5. The maximum absolute atomic E-state index is 11.7. The number of anilines is 1. The van der Waals surface area contributed by atoms with E-state index in [-0.39, 0.29) is 11.8 Å². The molecular weight excluding hydrogens is 268 g/mol. The molecule has 0 saturated carbocycles. The first-order valence-corrected chi connectivity index (χ1v) is 7.43. The maximum Gasteiger partial charge on any atom is 0.220 e. The number of ether oxygens (including phenoxy) is 1. The minimum atomic E-state index is 0.0326. The molecule has 21 heavy (non-hydrogen) atoms. The lowest BCUT2D eigenvalue weighted by molar-refractivity contribution is -0.122. The first-order chi connectivity index (χ1) is 10.2. The second kappa shape index (κ2) is 7.95. The van der Waals surface area contributed by atoms with Crippen molar-refractivity contribution in [3.05, 3.63) is 23.9 Å². The Morgan fingerprint density at radius 3 is 2.86 bits per heavy atom. The molecule has 0 radical (unpaired) electrons. The van der Waals surface area contributed by atoms with Crippen LogP contribution in [0, 0.1) is 5.92 Å². The zero-order chi connectivity index (χ0) is 15.1. The van der Waals surface area contributed by atoms with E-state index in [0.717, 1.165) is 37.7 Å². The molecule has 0 aromatic carbocycles. The molecule has 116 valence electrons. The lowest BCUT2D eigenvalue weighted by atomic mass is 10.1. The van der Waals surface area contributed by atoms with E-state index in [9.17, 15) is 4.79 Å². The molecule has 2 rings (SSSR count). The number of hydrogen-bond donors (Lipinski definition) is 2. The fourth-order valence-electron chi connectivity index (χ4n) is 2.17. The monoisotopic (exact) mass is 292 g/mol. The Balaban J connectivity index is 1.80. The normalized spacial score (nSPS) is 16.6. The number of pyridine rings is 1. The van der Waals surface area contributed by atoms with Gasteiger partial charge in [0.25, 0.3) is 0 Å². The van der Waals surface area contributed by atoms with Crippen LogP contribution in [0.25, 0.3) is 0 Å². The number of amides is 1. The van der Waals surface area contributed by atoms with E-state index in [1.54, 1.807) is 0 Å². The van der Waals surface area contributed by atoms with Gasteiger partial charge in [-0.1, -0.05) is 13.0 Å². The Morgan fingerprint density at radius 2 is 2.24 bits per heavy atom. The van der Waals surface area contributed by atoms with Crippen LogP contribution >= 0.6 is 0 Å². The van der Waals surface area contributed by atoms with Gasteiger partial charge in [-0.25, -0.2) is 4.98 Å². The summed E-state index contributed by atoms with van der Waals surface area (Å²) in [4.78, 5) is 18.4. The lowest BCUT2D eigenvalue weighted by Crippen LogP contribution is -2.36. The molecule has 1 fully saturated rings. The number of rotatable bonds is 6. The summed E-state index contributed by atoms with van der Waals surface area (Å²) in [5.74, 6) is 1.21. The summed E-state index contributed by atoms with van der Waals surface area (Å²) in [5, 5.41) is 2.90. The lowest BCUT2D eigenvalue weighted by Gasteiger charge is -2.27. The van der Waals surface area contributed by atoms with Crippen LogP contribution in [0.15, 0.2) is 18.3 Å². The largest absolute Gasteiger partial charge is 0.378 e. The van der Waals surface area contributed by atoms with E-state index >= 15 is 0 Å². The highest BCUT2D eigenvalue weighted by Crippen LogP contribution is 2.13. The predicted molar refractivity (Wildman–Crippen MR) is 82.0 cm³/mol. The standard InChI is InChI=1S/C15H24N4O2/c1-12(9-16)8-15(20)18-11-13-2-3-14(17-10-13)19-4-6-21-7-5-19/h2-3,10,12H,4-9,11,16H2,1H3,(H,18,20). The van der Waals surface area contributed by atoms with E-state index in [1.165, 1.54) is 0 Å². The predicted octanol–water partition coefficient (Wildman–Crippen LogP) is 0.519. The van der Waals surface area contributed by atoms with Crippen LogP contribution < -0.4 is 16.0 Å². The van der Waals surface area contributed by atoms with Crippen LogP contribution in [-0.4, -0.2) is 43.7 Å². The molecule has 1 aromatic heterocycles. The average Bonchev–Trinajstić information content (AvgIpc) is 2.54. The second-order valence-corrected chi connectivity index (χ2v) is 5.45. The SMILES string of the molecule is CC(CN)CC(=O)NCc1ccc(N2CCOCC2)nc1. The second-order valence-electron chi connectivity index (χ2n) is 5.45. The van der Waals surface area contributed by atoms with Gasteiger partial charge >= 0.3 is 0 Å². The number of carbonyl (C=O) groups excluding carboxylic acids is 1. The third-order valence-electron chi connectivity index (χ3n) is 3.57. The smallest absolute Gasteiger partial charge is 0.220 e. The Morgan fingerprint density at radius 1 is 1.48 bits per heavy atom. The van der Waals surface area contributed by atoms with Gasteiger partial charge in [-0.3, -0.25) is 4.79 Å². The maximum atomic E-state index is 11.7. The fourth-order valence-corrected chi connectivity index (χ4v) is 2.17. The number of nitrogens with two attached hydrogens (primary N) is 1. The summed E-state index contributed by atoms with van der Waals surface area (Å²) in [7, 11) is 0. The van der Waals surface area contributed by atoms with Crippen molar-refractivity contribution in [2.24, 2.45) is 11.7 Å². The van der Waals surface area contributed by atoms with Crippen molar-refractivity contribution in [2.75, 3.05) is 37.7 Å². The molecular formula is C15H24N4O2. The molecule has 1 atom stereocenters. The molecule has 1 aliphatic heterocycles. The molecule has 6 nitrogen and oxygen atoms in total. The van der Waals surface area contributed by atoms with Crippen molar-refractivity contribution < 1.29 is 9.53 Å². The van der Waals surface area contributed by atoms with Crippen molar-refractivity contribution in [1.82, 2.24) is 10.3 Å². The molecule has 3 N–H and O–H groups in total. The Kier molecular flexibility index (Phi) is 5.95. The van der Waals surface area contributed by atoms with Crippen LogP contribution in [0.3, 0.4) is 0 Å². The minimum absolute atomic E-state index is 0.0326. The van der Waals surface area contributed by atoms with Crippen molar-refractivity contribution in [2.45, 2.75) is 19.9 Å². The molecule has 6 heteroatoms. The molecule has 2 heterocycles. The molecule has 0 spiro atoms. The number of hydrogen-bond acceptors (Lipinski definition) is 5. The fraction of sp³-hybridized carbons (Fsp3) is 0.600. The Labute approximate surface area is 125 Å². The summed E-state index contributed by atoms with van der Waals surface area (Å²) in [6.07, 6.45) is 2.28. The average molecular weight is 292 g/mol. The van der Waals surface area contributed by atoms with Gasteiger partial charge in [-0.05, 0) is 24.1 Å². The van der Waals surface area contributed by atoms with E-state index in [1.807, 2.05) is 25.3 Å². The van der Waals surface area contributed by atoms with E-state index in [0.29, 0.717) is 19.5 Å². The molecule has 0 bridgehead atoms. The van der Waals surface area contributed by atoms with Gasteiger partial charge in [0, 0.05) is 32.3 Å². The van der Waals surface area contributed by atoms with Crippen LogP contribution in [0.1, 0.15) is 18.9 Å². The molecule has 1 amide bonds. The van der Waals surface area contributed by atoms with Gasteiger partial charge in [0.2, 0.25) is 5.91 Å². The summed E-state index contributed by atoms with van der Waals surface area (Å²) < 4.78 is 5.32. The Hall–Kier alpha value is -1.66. The Bertz CT molecular complexity index is 443. The van der Waals surface area contributed by atoms with Crippen molar-refractivity contribution in [3.63, 3.8) is 0 Å². The highest BCUT2D eigenvalue weighted by atomic mass is 16.5. The van der Waals surface area contributed by atoms with E-state index in [4.69, 9.17) is 10.5 Å². The van der Waals surface area contributed by atoms with Crippen LogP contribution in [-0.2, 0) is 16.1 Å². The highest BCUT2D eigenvalue weighted by Gasteiger charge is 2.12. The van der Waals surface area contributed by atoms with Gasteiger partial charge in [0.15, 0.2) is 0 Å². The van der Waals surface area contributed by atoms with Crippen LogP contribution in [0.2, 0.25) is 0 Å². The van der Waals surface area contributed by atoms with Gasteiger partial charge in [0.1, 0.15) is 5.82 Å². The van der Waals surface area contributed by atoms with Crippen LogP contribution in [0.4, 0.5) is 5.82 Å². The summed E-state index contributed by atoms with van der Waals surface area (Å²) >= 11 is 0. The number of aromatic nitrogens is 1. The quantitative estimate of drug-likeness (QED) is 0.799. The van der Waals surface area contributed by atoms with Gasteiger partial charge < -0.3 is 20.7 Å². The van der Waals surface area contributed by atoms with Gasteiger partial charge in [-0.2, -0.15) is 0 Å². The first kappa shape index (κ1) is 15.7. The summed E-state index contributed by atoms with van der Waals surface area (Å²) in [6.45, 7) is 6.26. The van der Waals surface area contributed by atoms with Crippen molar-refractivity contribution >= 4 is 11.7 Å². The number of morpholine rings is 1. The first-order valence-electron chi connectivity index (χ1n) is 7.43. The molecule has 1 saturated heterocycles. The number of nitrogens with zero attached hydrogens (tertiary/aromatic N) is 2. The summed E-state index contributed by atoms with van der Waals surface area (Å²) in [5.41, 5.74) is 6.51. The third-order valence-corrected chi connectivity index (χ3v) is 3.57. The summed E-state index contributed by atoms with van der Waals surface area (Å²) in [6, 6.07) is 4.00. The molecule has 1 aromatic rings. The number of nitrogens with one attached hydrogen (secondary N) is 1. The number of carbonyl (C=O) groups is 1. The third kappa shape index (κ3) is 4.99. The van der Waals surface area contributed by atoms with Gasteiger partial charge in [0.05, 0.1) is 13.2 Å². The molecule has 1 unspecified atom stereocenters.